The van der Waals surface area contributed by atoms with E-state index in [1.807, 2.05) is 6.92 Å². The van der Waals surface area contributed by atoms with Crippen LogP contribution in [0.15, 0.2) is 23.1 Å². The highest BCUT2D eigenvalue weighted by Crippen LogP contribution is 2.22. The van der Waals surface area contributed by atoms with Crippen LogP contribution < -0.4 is 10.5 Å². The van der Waals surface area contributed by atoms with Crippen molar-refractivity contribution in [3.63, 3.8) is 0 Å². The number of aryl methyl sites for hydroxylation is 1. The highest BCUT2D eigenvalue weighted by atomic mass is 32.2. The van der Waals surface area contributed by atoms with Gasteiger partial charge in [-0.25, -0.2) is 13.1 Å². The standard InChI is InChI=1S/C13H18N2O2S/c1-4-7-11(5-2)15-18(16,17)13-10(3)8-6-9-12(13)14/h1,6,8-9,11,15H,5,7,14H2,2-3H3. The third-order valence-electron chi connectivity index (χ3n) is 2.69. The van der Waals surface area contributed by atoms with Crippen molar-refractivity contribution < 1.29 is 8.42 Å². The van der Waals surface area contributed by atoms with Crippen molar-refractivity contribution in [2.75, 3.05) is 5.73 Å². The van der Waals surface area contributed by atoms with Crippen molar-refractivity contribution in [3.05, 3.63) is 23.8 Å². The Bertz CT molecular complexity index is 539. The highest BCUT2D eigenvalue weighted by Gasteiger charge is 2.22. The van der Waals surface area contributed by atoms with Gasteiger partial charge in [0.15, 0.2) is 0 Å². The van der Waals surface area contributed by atoms with Gasteiger partial charge in [0.05, 0.1) is 5.69 Å². The molecule has 0 heterocycles. The summed E-state index contributed by atoms with van der Waals surface area (Å²) in [5.74, 6) is 2.46. The van der Waals surface area contributed by atoms with Crippen molar-refractivity contribution in [2.24, 2.45) is 0 Å². The van der Waals surface area contributed by atoms with Crippen LogP contribution in [0.3, 0.4) is 0 Å². The van der Waals surface area contributed by atoms with Crippen LogP contribution in [0.2, 0.25) is 0 Å². The summed E-state index contributed by atoms with van der Waals surface area (Å²) in [4.78, 5) is 0.139. The van der Waals surface area contributed by atoms with Gasteiger partial charge in [-0.15, -0.1) is 12.3 Å². The van der Waals surface area contributed by atoms with Crippen LogP contribution in [-0.4, -0.2) is 14.5 Å². The molecule has 98 valence electrons. The molecule has 1 rings (SSSR count). The Balaban J connectivity index is 3.11. The van der Waals surface area contributed by atoms with Gasteiger partial charge < -0.3 is 5.73 Å². The second-order valence-corrected chi connectivity index (χ2v) is 5.78. The van der Waals surface area contributed by atoms with Crippen LogP contribution in [0.5, 0.6) is 0 Å². The van der Waals surface area contributed by atoms with E-state index in [9.17, 15) is 8.42 Å². The van der Waals surface area contributed by atoms with Gasteiger partial charge >= 0.3 is 0 Å². The van der Waals surface area contributed by atoms with Gasteiger partial charge in [-0.3, -0.25) is 0 Å². The summed E-state index contributed by atoms with van der Waals surface area (Å²) >= 11 is 0. The SMILES string of the molecule is C#CCC(CC)NS(=O)(=O)c1c(C)cccc1N. The van der Waals surface area contributed by atoms with Crippen LogP contribution in [0.1, 0.15) is 25.3 Å². The van der Waals surface area contributed by atoms with E-state index in [0.29, 0.717) is 18.4 Å². The first kappa shape index (κ1) is 14.6. The Kier molecular flexibility index (Phi) is 4.76. The third-order valence-corrected chi connectivity index (χ3v) is 4.43. The molecule has 4 nitrogen and oxygen atoms in total. The molecule has 0 aliphatic carbocycles. The molecule has 0 fully saturated rings. The van der Waals surface area contributed by atoms with Gasteiger partial charge in [-0.2, -0.15) is 0 Å². The number of hydrogen-bond donors (Lipinski definition) is 2. The van der Waals surface area contributed by atoms with Gasteiger partial charge in [0.25, 0.3) is 0 Å². The van der Waals surface area contributed by atoms with Crippen molar-refractivity contribution in [3.8, 4) is 12.3 Å². The summed E-state index contributed by atoms with van der Waals surface area (Å²) in [5, 5.41) is 0. The van der Waals surface area contributed by atoms with Gasteiger partial charge in [0.2, 0.25) is 10.0 Å². The number of anilines is 1. The minimum atomic E-state index is -3.63. The first-order valence-corrected chi connectivity index (χ1v) is 7.21. The Morgan fingerprint density at radius 2 is 2.17 bits per heavy atom. The van der Waals surface area contributed by atoms with E-state index in [1.165, 1.54) is 0 Å². The van der Waals surface area contributed by atoms with Gasteiger partial charge in [-0.1, -0.05) is 19.1 Å². The number of benzene rings is 1. The number of hydrogen-bond acceptors (Lipinski definition) is 3. The summed E-state index contributed by atoms with van der Waals surface area (Å²) < 4.78 is 27.1. The largest absolute Gasteiger partial charge is 0.398 e. The Morgan fingerprint density at radius 3 is 2.67 bits per heavy atom. The summed E-state index contributed by atoms with van der Waals surface area (Å²) in [6, 6.07) is 4.75. The Morgan fingerprint density at radius 1 is 1.50 bits per heavy atom. The van der Waals surface area contributed by atoms with Gasteiger partial charge in [0.1, 0.15) is 4.90 Å². The van der Waals surface area contributed by atoms with Crippen molar-refractivity contribution in [2.45, 2.75) is 37.6 Å². The minimum absolute atomic E-state index is 0.139. The molecular weight excluding hydrogens is 248 g/mol. The zero-order valence-electron chi connectivity index (χ0n) is 10.6. The van der Waals surface area contributed by atoms with E-state index < -0.39 is 10.0 Å². The lowest BCUT2D eigenvalue weighted by molar-refractivity contribution is 0.544. The Labute approximate surface area is 109 Å². The third kappa shape index (κ3) is 3.25. The van der Waals surface area contributed by atoms with E-state index in [4.69, 9.17) is 12.2 Å². The average molecular weight is 266 g/mol. The van der Waals surface area contributed by atoms with Crippen LogP contribution >= 0.6 is 0 Å². The summed E-state index contributed by atoms with van der Waals surface area (Å²) in [7, 11) is -3.63. The molecule has 0 amide bonds. The van der Waals surface area contributed by atoms with Crippen molar-refractivity contribution >= 4 is 15.7 Å². The van der Waals surface area contributed by atoms with Crippen molar-refractivity contribution in [1.29, 1.82) is 0 Å². The maximum absolute atomic E-state index is 12.3. The van der Waals surface area contributed by atoms with E-state index in [1.54, 1.807) is 25.1 Å². The molecule has 1 aromatic carbocycles. The van der Waals surface area contributed by atoms with Gasteiger partial charge in [0, 0.05) is 12.5 Å². The first-order chi connectivity index (χ1) is 8.42. The molecule has 18 heavy (non-hydrogen) atoms. The van der Waals surface area contributed by atoms with Crippen LogP contribution in [-0.2, 0) is 10.0 Å². The van der Waals surface area contributed by atoms with Crippen LogP contribution in [0, 0.1) is 19.3 Å². The summed E-state index contributed by atoms with van der Waals surface area (Å²) in [5.41, 5.74) is 6.61. The predicted octanol–water partition coefficient (Wildman–Crippen LogP) is 1.66. The lowest BCUT2D eigenvalue weighted by Crippen LogP contribution is -2.34. The molecule has 0 spiro atoms. The minimum Gasteiger partial charge on any atom is -0.398 e. The lowest BCUT2D eigenvalue weighted by atomic mass is 10.2. The normalized spacial score (nSPS) is 12.9. The lowest BCUT2D eigenvalue weighted by Gasteiger charge is -2.17. The topological polar surface area (TPSA) is 72.2 Å². The quantitative estimate of drug-likeness (QED) is 0.629. The van der Waals surface area contributed by atoms with Crippen molar-refractivity contribution in [1.82, 2.24) is 4.72 Å². The second-order valence-electron chi connectivity index (χ2n) is 4.13. The molecule has 0 aliphatic heterocycles. The number of nitrogen functional groups attached to an aromatic ring is 1. The Hall–Kier alpha value is -1.51. The average Bonchev–Trinajstić information content (AvgIpc) is 2.27. The molecule has 0 radical (unpaired) electrons. The van der Waals surface area contributed by atoms with Crippen LogP contribution in [0.25, 0.3) is 0 Å². The second kappa shape index (κ2) is 5.89. The first-order valence-electron chi connectivity index (χ1n) is 5.73. The zero-order chi connectivity index (χ0) is 13.8. The molecule has 0 aromatic heterocycles. The maximum atomic E-state index is 12.3. The molecule has 0 saturated carbocycles. The van der Waals surface area contributed by atoms with E-state index >= 15 is 0 Å². The maximum Gasteiger partial charge on any atom is 0.243 e. The van der Waals surface area contributed by atoms with Crippen LogP contribution in [0.4, 0.5) is 5.69 Å². The number of nitrogens with two attached hydrogens (primary N) is 1. The molecule has 1 aromatic rings. The molecule has 1 atom stereocenters. The molecule has 3 N–H and O–H groups in total. The fourth-order valence-corrected chi connectivity index (χ4v) is 3.41. The number of rotatable bonds is 5. The molecular formula is C13H18N2O2S. The van der Waals surface area contributed by atoms with E-state index in [-0.39, 0.29) is 16.6 Å². The molecule has 1 unspecified atom stereocenters. The molecule has 5 heteroatoms. The molecule has 0 saturated heterocycles. The highest BCUT2D eigenvalue weighted by molar-refractivity contribution is 7.89. The summed E-state index contributed by atoms with van der Waals surface area (Å²) in [6.45, 7) is 3.60. The summed E-state index contributed by atoms with van der Waals surface area (Å²) in [6.07, 6.45) is 6.21. The zero-order valence-corrected chi connectivity index (χ0v) is 11.4. The monoisotopic (exact) mass is 266 g/mol. The smallest absolute Gasteiger partial charge is 0.243 e. The number of terminal acetylenes is 1. The molecule has 0 bridgehead atoms. The number of sulfonamides is 1. The fourth-order valence-electron chi connectivity index (χ4n) is 1.73. The van der Waals surface area contributed by atoms with E-state index in [2.05, 4.69) is 10.6 Å². The van der Waals surface area contributed by atoms with Gasteiger partial charge in [-0.05, 0) is 25.0 Å². The van der Waals surface area contributed by atoms with E-state index in [0.717, 1.165) is 0 Å². The molecule has 0 aliphatic rings. The fraction of sp³-hybridized carbons (Fsp3) is 0.385. The predicted molar refractivity (Wildman–Crippen MR) is 73.4 cm³/mol. The number of nitrogens with one attached hydrogen (secondary N) is 1.